The van der Waals surface area contributed by atoms with Gasteiger partial charge in [-0.1, -0.05) is 12.2 Å². The van der Waals surface area contributed by atoms with Gasteiger partial charge in [0.05, 0.1) is 0 Å². The first-order valence-electron chi connectivity index (χ1n) is 3.79. The Kier molecular flexibility index (Phi) is 2.78. The molecule has 0 fully saturated rings. The maximum Gasteiger partial charge on any atom is 0.0221 e. The number of nitrogens with one attached hydrogen (secondary N) is 1. The summed E-state index contributed by atoms with van der Waals surface area (Å²) in [5.74, 6) is 0. The number of hydrogen-bond donors (Lipinski definition) is 1. The summed E-state index contributed by atoms with van der Waals surface area (Å²) in [6, 6.07) is 0.588. The van der Waals surface area contributed by atoms with E-state index >= 15 is 0 Å². The minimum absolute atomic E-state index is 0.588. The summed E-state index contributed by atoms with van der Waals surface area (Å²) in [7, 11) is 0. The Morgan fingerprint density at radius 2 is 2.33 bits per heavy atom. The van der Waals surface area contributed by atoms with E-state index in [0.717, 1.165) is 0 Å². The van der Waals surface area contributed by atoms with Crippen LogP contribution in [0.2, 0.25) is 0 Å². The zero-order valence-electron chi connectivity index (χ0n) is 6.06. The second kappa shape index (κ2) is 3.67. The molecule has 1 heterocycles. The Morgan fingerprint density at radius 1 is 1.44 bits per heavy atom. The largest absolute Gasteiger partial charge is 0.311 e. The maximum absolute atomic E-state index is 3.40. The Morgan fingerprint density at radius 3 is 3.22 bits per heavy atom. The Balaban J connectivity index is 2.30. The molecule has 0 aromatic heterocycles. The summed E-state index contributed by atoms with van der Waals surface area (Å²) in [5, 5.41) is 3.40. The predicted molar refractivity (Wildman–Crippen MR) is 40.5 cm³/mol. The Hall–Kier alpha value is -0.300. The van der Waals surface area contributed by atoms with Gasteiger partial charge < -0.3 is 5.32 Å². The second-order valence-electron chi connectivity index (χ2n) is 2.67. The highest BCUT2D eigenvalue weighted by molar-refractivity contribution is 4.91. The summed E-state index contributed by atoms with van der Waals surface area (Å²) < 4.78 is 0. The van der Waals surface area contributed by atoms with Crippen molar-refractivity contribution in [2.24, 2.45) is 0 Å². The van der Waals surface area contributed by atoms with Crippen molar-refractivity contribution < 1.29 is 0 Å². The molecule has 0 radical (unpaired) electrons. The van der Waals surface area contributed by atoms with Crippen LogP contribution in [0.3, 0.4) is 0 Å². The van der Waals surface area contributed by atoms with Crippen LogP contribution in [0.1, 0.15) is 26.2 Å². The standard InChI is InChI=1S/C8H15N/c1-8-6-4-2-3-5-7-9-8/h4,6,8-9H,2-3,5,7H2,1H3/b6-4-. The number of allylic oxidation sites excluding steroid dienone is 1. The van der Waals surface area contributed by atoms with Crippen molar-refractivity contribution in [3.63, 3.8) is 0 Å². The molecule has 1 N–H and O–H groups in total. The number of hydrogen-bond acceptors (Lipinski definition) is 1. The van der Waals surface area contributed by atoms with E-state index in [1.54, 1.807) is 0 Å². The van der Waals surface area contributed by atoms with E-state index in [0.29, 0.717) is 6.04 Å². The lowest BCUT2D eigenvalue weighted by Crippen LogP contribution is -2.25. The van der Waals surface area contributed by atoms with Crippen LogP contribution < -0.4 is 5.32 Å². The van der Waals surface area contributed by atoms with Gasteiger partial charge in [0.15, 0.2) is 0 Å². The highest BCUT2D eigenvalue weighted by Gasteiger charge is 1.96. The fourth-order valence-electron chi connectivity index (χ4n) is 1.09. The monoisotopic (exact) mass is 125 g/mol. The quantitative estimate of drug-likeness (QED) is 0.486. The van der Waals surface area contributed by atoms with Crippen molar-refractivity contribution in [2.45, 2.75) is 32.2 Å². The molecule has 1 aliphatic heterocycles. The van der Waals surface area contributed by atoms with Gasteiger partial charge in [-0.2, -0.15) is 0 Å². The number of rotatable bonds is 0. The second-order valence-corrected chi connectivity index (χ2v) is 2.67. The lowest BCUT2D eigenvalue weighted by Gasteiger charge is -2.11. The van der Waals surface area contributed by atoms with Crippen LogP contribution >= 0.6 is 0 Å². The van der Waals surface area contributed by atoms with Crippen molar-refractivity contribution in [3.05, 3.63) is 12.2 Å². The summed E-state index contributed by atoms with van der Waals surface area (Å²) >= 11 is 0. The summed E-state index contributed by atoms with van der Waals surface area (Å²) in [4.78, 5) is 0. The zero-order valence-corrected chi connectivity index (χ0v) is 6.06. The van der Waals surface area contributed by atoms with Crippen LogP contribution in [-0.2, 0) is 0 Å². The summed E-state index contributed by atoms with van der Waals surface area (Å²) in [6.07, 6.45) is 8.47. The molecule has 1 heteroatoms. The average molecular weight is 125 g/mol. The minimum atomic E-state index is 0.588. The SMILES string of the molecule is CC1/C=C\CCCCN1. The van der Waals surface area contributed by atoms with Gasteiger partial charge in [-0.25, -0.2) is 0 Å². The molecule has 52 valence electrons. The van der Waals surface area contributed by atoms with Crippen molar-refractivity contribution in [2.75, 3.05) is 6.54 Å². The average Bonchev–Trinajstić information content (AvgIpc) is 1.79. The molecule has 0 amide bonds. The van der Waals surface area contributed by atoms with Crippen molar-refractivity contribution >= 4 is 0 Å². The fraction of sp³-hybridized carbons (Fsp3) is 0.750. The Bertz CT molecular complexity index is 96.7. The molecule has 0 saturated carbocycles. The highest BCUT2D eigenvalue weighted by Crippen LogP contribution is 2.00. The predicted octanol–water partition coefficient (Wildman–Crippen LogP) is 1.70. The van der Waals surface area contributed by atoms with Gasteiger partial charge in [0, 0.05) is 6.04 Å². The van der Waals surface area contributed by atoms with Gasteiger partial charge in [-0.15, -0.1) is 0 Å². The minimum Gasteiger partial charge on any atom is -0.311 e. The van der Waals surface area contributed by atoms with Crippen molar-refractivity contribution in [1.29, 1.82) is 0 Å². The highest BCUT2D eigenvalue weighted by atomic mass is 14.9. The van der Waals surface area contributed by atoms with E-state index in [-0.39, 0.29) is 0 Å². The summed E-state index contributed by atoms with van der Waals surface area (Å²) in [6.45, 7) is 3.38. The van der Waals surface area contributed by atoms with Gasteiger partial charge in [-0.05, 0) is 32.7 Å². The van der Waals surface area contributed by atoms with E-state index in [1.807, 2.05) is 0 Å². The molecule has 0 aliphatic carbocycles. The van der Waals surface area contributed by atoms with E-state index in [9.17, 15) is 0 Å². The van der Waals surface area contributed by atoms with Gasteiger partial charge in [0.2, 0.25) is 0 Å². The maximum atomic E-state index is 3.40. The first-order valence-corrected chi connectivity index (χ1v) is 3.79. The molecule has 0 aromatic carbocycles. The fourth-order valence-corrected chi connectivity index (χ4v) is 1.09. The molecule has 1 unspecified atom stereocenters. The van der Waals surface area contributed by atoms with Gasteiger partial charge in [0.25, 0.3) is 0 Å². The molecule has 0 bridgehead atoms. The molecule has 0 saturated heterocycles. The van der Waals surface area contributed by atoms with Gasteiger partial charge >= 0.3 is 0 Å². The normalized spacial score (nSPS) is 32.8. The zero-order chi connectivity index (χ0) is 6.53. The van der Waals surface area contributed by atoms with Crippen LogP contribution in [0.25, 0.3) is 0 Å². The first kappa shape index (κ1) is 6.81. The van der Waals surface area contributed by atoms with E-state index in [1.165, 1.54) is 25.8 Å². The molecule has 0 aromatic rings. The summed E-state index contributed by atoms with van der Waals surface area (Å²) in [5.41, 5.74) is 0. The van der Waals surface area contributed by atoms with Crippen LogP contribution in [0, 0.1) is 0 Å². The van der Waals surface area contributed by atoms with Crippen LogP contribution in [0.15, 0.2) is 12.2 Å². The van der Waals surface area contributed by atoms with Gasteiger partial charge in [-0.3, -0.25) is 0 Å². The van der Waals surface area contributed by atoms with Crippen LogP contribution in [0.5, 0.6) is 0 Å². The van der Waals surface area contributed by atoms with E-state index < -0.39 is 0 Å². The molecule has 1 nitrogen and oxygen atoms in total. The molecule has 1 atom stereocenters. The molecule has 1 rings (SSSR count). The third-order valence-electron chi connectivity index (χ3n) is 1.69. The van der Waals surface area contributed by atoms with E-state index in [4.69, 9.17) is 0 Å². The van der Waals surface area contributed by atoms with E-state index in [2.05, 4.69) is 24.4 Å². The first-order chi connectivity index (χ1) is 4.39. The van der Waals surface area contributed by atoms with Crippen molar-refractivity contribution in [3.8, 4) is 0 Å². The third kappa shape index (κ3) is 2.66. The lowest BCUT2D eigenvalue weighted by atomic mass is 10.1. The smallest absolute Gasteiger partial charge is 0.0221 e. The molecule has 0 spiro atoms. The topological polar surface area (TPSA) is 12.0 Å². The van der Waals surface area contributed by atoms with Gasteiger partial charge in [0.1, 0.15) is 0 Å². The lowest BCUT2D eigenvalue weighted by molar-refractivity contribution is 0.576. The molecule has 9 heavy (non-hydrogen) atoms. The molecule has 1 aliphatic rings. The Labute approximate surface area is 57.1 Å². The van der Waals surface area contributed by atoms with Crippen LogP contribution in [0.4, 0.5) is 0 Å². The van der Waals surface area contributed by atoms with Crippen LogP contribution in [-0.4, -0.2) is 12.6 Å². The molecular weight excluding hydrogens is 110 g/mol. The molecular formula is C8H15N. The van der Waals surface area contributed by atoms with Crippen molar-refractivity contribution in [1.82, 2.24) is 5.32 Å². The third-order valence-corrected chi connectivity index (χ3v) is 1.69.